The van der Waals surface area contributed by atoms with E-state index in [0.717, 1.165) is 17.7 Å². The molecule has 1 amide bonds. The molecule has 1 unspecified atom stereocenters. The van der Waals surface area contributed by atoms with Gasteiger partial charge in [-0.3, -0.25) is 4.79 Å². The van der Waals surface area contributed by atoms with E-state index in [9.17, 15) is 4.79 Å². The first kappa shape index (κ1) is 12.2. The molecule has 1 fully saturated rings. The lowest BCUT2D eigenvalue weighted by atomic mass is 10.0. The zero-order valence-corrected chi connectivity index (χ0v) is 10.9. The standard InChI is InChI=1S/C15H21NO/c1-4-12-6-5-10(2)14(9-12)16-15(17)11(3)13-7-8-13/h5-6,9,11,13H,4,7-8H2,1-3H3,(H,16,17). The molecule has 2 heteroatoms. The van der Waals surface area contributed by atoms with E-state index >= 15 is 0 Å². The van der Waals surface area contributed by atoms with E-state index in [1.807, 2.05) is 13.8 Å². The van der Waals surface area contributed by atoms with Crippen molar-refractivity contribution >= 4 is 11.6 Å². The van der Waals surface area contributed by atoms with Crippen LogP contribution in [0.15, 0.2) is 18.2 Å². The fourth-order valence-corrected chi connectivity index (χ4v) is 2.08. The van der Waals surface area contributed by atoms with Crippen molar-refractivity contribution in [2.75, 3.05) is 5.32 Å². The minimum Gasteiger partial charge on any atom is -0.326 e. The maximum Gasteiger partial charge on any atom is 0.227 e. The van der Waals surface area contributed by atoms with Gasteiger partial charge in [-0.15, -0.1) is 0 Å². The summed E-state index contributed by atoms with van der Waals surface area (Å²) >= 11 is 0. The smallest absolute Gasteiger partial charge is 0.227 e. The summed E-state index contributed by atoms with van der Waals surface area (Å²) < 4.78 is 0. The predicted molar refractivity (Wildman–Crippen MR) is 71.1 cm³/mol. The summed E-state index contributed by atoms with van der Waals surface area (Å²) in [7, 11) is 0. The van der Waals surface area contributed by atoms with Crippen LogP contribution in [0.25, 0.3) is 0 Å². The SMILES string of the molecule is CCc1ccc(C)c(NC(=O)C(C)C2CC2)c1. The first-order valence-electron chi connectivity index (χ1n) is 6.52. The molecule has 17 heavy (non-hydrogen) atoms. The Bertz CT molecular complexity index is 421. The molecule has 1 atom stereocenters. The van der Waals surface area contributed by atoms with Crippen LogP contribution in [0, 0.1) is 18.8 Å². The molecule has 0 aliphatic heterocycles. The molecule has 1 aromatic carbocycles. The summed E-state index contributed by atoms with van der Waals surface area (Å²) in [4.78, 5) is 12.0. The highest BCUT2D eigenvalue weighted by atomic mass is 16.1. The summed E-state index contributed by atoms with van der Waals surface area (Å²) in [5.41, 5.74) is 3.38. The maximum absolute atomic E-state index is 12.0. The maximum atomic E-state index is 12.0. The Morgan fingerprint density at radius 2 is 2.18 bits per heavy atom. The highest BCUT2D eigenvalue weighted by Gasteiger charge is 2.32. The number of hydrogen-bond acceptors (Lipinski definition) is 1. The zero-order valence-electron chi connectivity index (χ0n) is 10.9. The van der Waals surface area contributed by atoms with Crippen molar-refractivity contribution in [1.29, 1.82) is 0 Å². The molecule has 0 radical (unpaired) electrons. The monoisotopic (exact) mass is 231 g/mol. The van der Waals surface area contributed by atoms with Crippen LogP contribution in [0.2, 0.25) is 0 Å². The van der Waals surface area contributed by atoms with Gasteiger partial charge < -0.3 is 5.32 Å². The first-order chi connectivity index (χ1) is 8.11. The molecular weight excluding hydrogens is 210 g/mol. The van der Waals surface area contributed by atoms with Crippen LogP contribution in [0.3, 0.4) is 0 Å². The van der Waals surface area contributed by atoms with Crippen molar-refractivity contribution in [1.82, 2.24) is 0 Å². The highest BCUT2D eigenvalue weighted by Crippen LogP contribution is 2.37. The van der Waals surface area contributed by atoms with Gasteiger partial charge in [-0.25, -0.2) is 0 Å². The average Bonchev–Trinajstić information content (AvgIpc) is 3.15. The second kappa shape index (κ2) is 4.91. The van der Waals surface area contributed by atoms with Crippen LogP contribution in [0.1, 0.15) is 37.8 Å². The number of anilines is 1. The van der Waals surface area contributed by atoms with Gasteiger partial charge >= 0.3 is 0 Å². The van der Waals surface area contributed by atoms with Gasteiger partial charge in [0.25, 0.3) is 0 Å². The number of aryl methyl sites for hydroxylation is 2. The summed E-state index contributed by atoms with van der Waals surface area (Å²) in [5, 5.41) is 3.07. The summed E-state index contributed by atoms with van der Waals surface area (Å²) in [6.07, 6.45) is 3.42. The van der Waals surface area contributed by atoms with Gasteiger partial charge in [0, 0.05) is 11.6 Å². The quantitative estimate of drug-likeness (QED) is 0.843. The lowest BCUT2D eigenvalue weighted by Crippen LogP contribution is -2.22. The minimum atomic E-state index is 0.152. The molecule has 0 heterocycles. The van der Waals surface area contributed by atoms with Crippen molar-refractivity contribution < 1.29 is 4.79 Å². The molecule has 1 saturated carbocycles. The second-order valence-corrected chi connectivity index (χ2v) is 5.12. The zero-order chi connectivity index (χ0) is 12.4. The number of carbonyl (C=O) groups excluding carboxylic acids is 1. The van der Waals surface area contributed by atoms with E-state index in [1.165, 1.54) is 18.4 Å². The fourth-order valence-electron chi connectivity index (χ4n) is 2.08. The van der Waals surface area contributed by atoms with E-state index in [2.05, 4.69) is 30.4 Å². The highest BCUT2D eigenvalue weighted by molar-refractivity contribution is 5.93. The number of amides is 1. The van der Waals surface area contributed by atoms with Gasteiger partial charge in [0.1, 0.15) is 0 Å². The second-order valence-electron chi connectivity index (χ2n) is 5.12. The molecule has 0 bridgehead atoms. The normalized spacial score (nSPS) is 16.6. The molecular formula is C15H21NO. The molecule has 1 aromatic rings. The Morgan fingerprint density at radius 3 is 2.76 bits per heavy atom. The molecule has 1 N–H and O–H groups in total. The molecule has 2 rings (SSSR count). The van der Waals surface area contributed by atoms with Crippen LogP contribution in [-0.2, 0) is 11.2 Å². The number of rotatable bonds is 4. The summed E-state index contributed by atoms with van der Waals surface area (Å²) in [6, 6.07) is 6.29. The Hall–Kier alpha value is -1.31. The third-order valence-electron chi connectivity index (χ3n) is 3.71. The first-order valence-corrected chi connectivity index (χ1v) is 6.52. The van der Waals surface area contributed by atoms with Gasteiger partial charge in [-0.05, 0) is 49.3 Å². The lowest BCUT2D eigenvalue weighted by molar-refractivity contribution is -0.119. The van der Waals surface area contributed by atoms with Gasteiger partial charge in [-0.2, -0.15) is 0 Å². The molecule has 0 saturated heterocycles. The molecule has 1 aliphatic carbocycles. The van der Waals surface area contributed by atoms with Gasteiger partial charge in [0.15, 0.2) is 0 Å². The van der Waals surface area contributed by atoms with Crippen LogP contribution in [0.5, 0.6) is 0 Å². The third-order valence-corrected chi connectivity index (χ3v) is 3.71. The van der Waals surface area contributed by atoms with E-state index < -0.39 is 0 Å². The van der Waals surface area contributed by atoms with Crippen LogP contribution in [0.4, 0.5) is 5.69 Å². The van der Waals surface area contributed by atoms with Crippen molar-refractivity contribution in [2.45, 2.75) is 40.0 Å². The van der Waals surface area contributed by atoms with Gasteiger partial charge in [0.05, 0.1) is 0 Å². The minimum absolute atomic E-state index is 0.152. The largest absolute Gasteiger partial charge is 0.326 e. The average molecular weight is 231 g/mol. The Morgan fingerprint density at radius 1 is 1.47 bits per heavy atom. The van der Waals surface area contributed by atoms with Crippen molar-refractivity contribution in [2.24, 2.45) is 11.8 Å². The third kappa shape index (κ3) is 2.87. The van der Waals surface area contributed by atoms with Gasteiger partial charge in [0.2, 0.25) is 5.91 Å². The van der Waals surface area contributed by atoms with Crippen molar-refractivity contribution in [3.05, 3.63) is 29.3 Å². The lowest BCUT2D eigenvalue weighted by Gasteiger charge is -2.14. The Kier molecular flexibility index (Phi) is 3.51. The van der Waals surface area contributed by atoms with Crippen LogP contribution in [-0.4, -0.2) is 5.91 Å². The van der Waals surface area contributed by atoms with Gasteiger partial charge in [-0.1, -0.05) is 26.0 Å². The molecule has 1 aliphatic rings. The molecule has 92 valence electrons. The van der Waals surface area contributed by atoms with E-state index in [0.29, 0.717) is 5.92 Å². The molecule has 2 nitrogen and oxygen atoms in total. The fraction of sp³-hybridized carbons (Fsp3) is 0.533. The van der Waals surface area contributed by atoms with Crippen molar-refractivity contribution in [3.8, 4) is 0 Å². The number of benzene rings is 1. The summed E-state index contributed by atoms with van der Waals surface area (Å²) in [6.45, 7) is 6.20. The topological polar surface area (TPSA) is 29.1 Å². The van der Waals surface area contributed by atoms with E-state index in [1.54, 1.807) is 0 Å². The summed E-state index contributed by atoms with van der Waals surface area (Å²) in [5.74, 6) is 0.938. The van der Waals surface area contributed by atoms with Crippen LogP contribution >= 0.6 is 0 Å². The van der Waals surface area contributed by atoms with E-state index in [-0.39, 0.29) is 11.8 Å². The number of carbonyl (C=O) groups is 1. The Labute approximate surface area is 103 Å². The van der Waals surface area contributed by atoms with Crippen molar-refractivity contribution in [3.63, 3.8) is 0 Å². The number of hydrogen-bond donors (Lipinski definition) is 1. The predicted octanol–water partition coefficient (Wildman–Crippen LogP) is 3.54. The Balaban J connectivity index is 2.08. The molecule has 0 spiro atoms. The van der Waals surface area contributed by atoms with E-state index in [4.69, 9.17) is 0 Å². The molecule has 0 aromatic heterocycles. The number of nitrogens with one attached hydrogen (secondary N) is 1. The van der Waals surface area contributed by atoms with Crippen LogP contribution < -0.4 is 5.32 Å².